The van der Waals surface area contributed by atoms with E-state index in [0.29, 0.717) is 23.9 Å². The molecule has 154 valence electrons. The number of morpholine rings is 1. The Morgan fingerprint density at radius 3 is 2.83 bits per heavy atom. The Kier molecular flexibility index (Phi) is 5.56. The number of anilines is 1. The van der Waals surface area contributed by atoms with Gasteiger partial charge in [0.15, 0.2) is 5.78 Å². The second-order valence-electron chi connectivity index (χ2n) is 6.73. The zero-order chi connectivity index (χ0) is 21.3. The van der Waals surface area contributed by atoms with Crippen LogP contribution < -0.4 is 10.5 Å². The Labute approximate surface area is 175 Å². The van der Waals surface area contributed by atoms with Crippen molar-refractivity contribution in [2.24, 2.45) is 7.05 Å². The van der Waals surface area contributed by atoms with Gasteiger partial charge in [0, 0.05) is 31.4 Å². The average Bonchev–Trinajstić information content (AvgIpc) is 2.77. The molecule has 0 bridgehead atoms. The van der Waals surface area contributed by atoms with Crippen LogP contribution in [0.15, 0.2) is 47.7 Å². The molecule has 3 aromatic rings. The maximum absolute atomic E-state index is 13.8. The molecule has 1 saturated heterocycles. The van der Waals surface area contributed by atoms with Gasteiger partial charge in [-0.1, -0.05) is 11.6 Å². The molecule has 0 amide bonds. The summed E-state index contributed by atoms with van der Waals surface area (Å²) in [5.74, 6) is -0.650. The van der Waals surface area contributed by atoms with Gasteiger partial charge in [-0.05, 0) is 24.3 Å². The van der Waals surface area contributed by atoms with E-state index in [1.807, 2.05) is 0 Å². The summed E-state index contributed by atoms with van der Waals surface area (Å²) in [7, 11) is 1.61. The van der Waals surface area contributed by atoms with Gasteiger partial charge < -0.3 is 9.64 Å². The van der Waals surface area contributed by atoms with Crippen LogP contribution in [0.5, 0.6) is 0 Å². The summed E-state index contributed by atoms with van der Waals surface area (Å²) in [6, 6.07) is 6.94. The van der Waals surface area contributed by atoms with Crippen molar-refractivity contribution < 1.29 is 13.9 Å². The molecule has 0 saturated carbocycles. The Morgan fingerprint density at radius 2 is 2.10 bits per heavy atom. The van der Waals surface area contributed by atoms with Crippen molar-refractivity contribution in [3.05, 3.63) is 69.6 Å². The van der Waals surface area contributed by atoms with E-state index in [4.69, 9.17) is 16.3 Å². The van der Waals surface area contributed by atoms with Crippen LogP contribution in [0, 0.1) is 5.82 Å². The zero-order valence-electron chi connectivity index (χ0n) is 16.0. The molecule has 0 spiro atoms. The molecule has 0 radical (unpaired) electrons. The third kappa shape index (κ3) is 3.94. The van der Waals surface area contributed by atoms with Crippen molar-refractivity contribution in [3.63, 3.8) is 0 Å². The standard InChI is InChI=1S/C20H17ClFN5O3/c1-26-18(28)9-16(15-4-5-23-11-24-15)25-20(26)27-6-7-30-17(10-27)19(29)12-2-3-13(21)14(22)8-12/h2-5,8-9,11,17H,6-7,10H2,1H3. The molecule has 4 rings (SSSR count). The predicted octanol–water partition coefficient (Wildman–Crippen LogP) is 2.12. The molecule has 1 atom stereocenters. The van der Waals surface area contributed by atoms with Gasteiger partial charge >= 0.3 is 0 Å². The van der Waals surface area contributed by atoms with Crippen LogP contribution in [0.4, 0.5) is 10.3 Å². The topological polar surface area (TPSA) is 90.2 Å². The predicted molar refractivity (Wildman–Crippen MR) is 108 cm³/mol. The molecule has 1 aliphatic rings. The highest BCUT2D eigenvalue weighted by molar-refractivity contribution is 6.30. The maximum atomic E-state index is 13.8. The molecule has 0 N–H and O–H groups in total. The van der Waals surface area contributed by atoms with Gasteiger partial charge in [-0.2, -0.15) is 0 Å². The van der Waals surface area contributed by atoms with E-state index in [1.165, 1.54) is 29.1 Å². The molecular formula is C20H17ClFN5O3. The highest BCUT2D eigenvalue weighted by atomic mass is 35.5. The molecule has 3 heterocycles. The van der Waals surface area contributed by atoms with Crippen molar-refractivity contribution in [1.82, 2.24) is 19.5 Å². The van der Waals surface area contributed by atoms with E-state index in [2.05, 4.69) is 15.0 Å². The lowest BCUT2D eigenvalue weighted by molar-refractivity contribution is 0.0336. The van der Waals surface area contributed by atoms with Crippen molar-refractivity contribution >= 4 is 23.3 Å². The zero-order valence-corrected chi connectivity index (χ0v) is 16.7. The SMILES string of the molecule is Cn1c(N2CCOC(C(=O)c3ccc(Cl)c(F)c3)C2)nc(-c2ccncn2)cc1=O. The lowest BCUT2D eigenvalue weighted by Crippen LogP contribution is -2.48. The van der Waals surface area contributed by atoms with E-state index in [-0.39, 0.29) is 35.1 Å². The number of hydrogen-bond acceptors (Lipinski definition) is 7. The van der Waals surface area contributed by atoms with Crippen LogP contribution in [0.1, 0.15) is 10.4 Å². The molecule has 1 aromatic carbocycles. The van der Waals surface area contributed by atoms with Gasteiger partial charge in [0.1, 0.15) is 18.2 Å². The second kappa shape index (κ2) is 8.29. The summed E-state index contributed by atoms with van der Waals surface area (Å²) in [5, 5.41) is -0.0570. The van der Waals surface area contributed by atoms with Gasteiger partial charge in [-0.25, -0.2) is 19.3 Å². The first-order valence-electron chi connectivity index (χ1n) is 9.14. The number of aromatic nitrogens is 4. The normalized spacial score (nSPS) is 16.5. The fraction of sp³-hybridized carbons (Fsp3) is 0.250. The Hall–Kier alpha value is -3.17. The highest BCUT2D eigenvalue weighted by Gasteiger charge is 2.30. The average molecular weight is 430 g/mol. The van der Waals surface area contributed by atoms with Crippen molar-refractivity contribution in [2.45, 2.75) is 6.10 Å². The third-order valence-corrected chi connectivity index (χ3v) is 5.11. The fourth-order valence-electron chi connectivity index (χ4n) is 3.21. The summed E-state index contributed by atoms with van der Waals surface area (Å²) in [6.45, 7) is 0.850. The smallest absolute Gasteiger partial charge is 0.255 e. The van der Waals surface area contributed by atoms with Crippen LogP contribution in [0.25, 0.3) is 11.4 Å². The largest absolute Gasteiger partial charge is 0.366 e. The van der Waals surface area contributed by atoms with Crippen LogP contribution >= 0.6 is 11.6 Å². The number of carbonyl (C=O) groups excluding carboxylic acids is 1. The first kappa shape index (κ1) is 20.1. The molecule has 8 nitrogen and oxygen atoms in total. The van der Waals surface area contributed by atoms with E-state index >= 15 is 0 Å². The molecule has 30 heavy (non-hydrogen) atoms. The van der Waals surface area contributed by atoms with Crippen molar-refractivity contribution in [1.29, 1.82) is 0 Å². The Bertz CT molecular complexity index is 1150. The molecule has 1 unspecified atom stereocenters. The Morgan fingerprint density at radius 1 is 1.27 bits per heavy atom. The number of ketones is 1. The minimum absolute atomic E-state index is 0.0570. The molecule has 2 aromatic heterocycles. The van der Waals surface area contributed by atoms with E-state index in [1.54, 1.807) is 24.2 Å². The monoisotopic (exact) mass is 429 g/mol. The van der Waals surface area contributed by atoms with Gasteiger partial charge in [0.25, 0.3) is 5.56 Å². The van der Waals surface area contributed by atoms with Gasteiger partial charge in [-0.3, -0.25) is 14.2 Å². The number of halogens is 2. The Balaban J connectivity index is 1.63. The molecule has 1 fully saturated rings. The van der Waals surface area contributed by atoms with E-state index < -0.39 is 11.9 Å². The van der Waals surface area contributed by atoms with E-state index in [9.17, 15) is 14.0 Å². The number of carbonyl (C=O) groups is 1. The summed E-state index contributed by atoms with van der Waals surface area (Å²) in [5.41, 5.74) is 0.828. The maximum Gasteiger partial charge on any atom is 0.255 e. The summed E-state index contributed by atoms with van der Waals surface area (Å²) < 4.78 is 20.8. The number of ether oxygens (including phenoxy) is 1. The van der Waals surface area contributed by atoms with Crippen molar-refractivity contribution in [2.75, 3.05) is 24.6 Å². The van der Waals surface area contributed by atoms with Gasteiger partial charge in [-0.15, -0.1) is 0 Å². The molecule has 10 heteroatoms. The lowest BCUT2D eigenvalue weighted by atomic mass is 10.0. The molecule has 1 aliphatic heterocycles. The van der Waals surface area contributed by atoms with Crippen LogP contribution in [-0.2, 0) is 11.8 Å². The summed E-state index contributed by atoms with van der Waals surface area (Å²) in [4.78, 5) is 39.7. The number of rotatable bonds is 4. The molecular weight excluding hydrogens is 413 g/mol. The summed E-state index contributed by atoms with van der Waals surface area (Å²) in [6.07, 6.45) is 2.11. The number of nitrogens with zero attached hydrogens (tertiary/aromatic N) is 5. The minimum atomic E-state index is -0.834. The second-order valence-corrected chi connectivity index (χ2v) is 7.14. The lowest BCUT2D eigenvalue weighted by Gasteiger charge is -2.33. The van der Waals surface area contributed by atoms with Crippen LogP contribution in [-0.4, -0.2) is 51.1 Å². The number of benzene rings is 1. The third-order valence-electron chi connectivity index (χ3n) is 4.80. The van der Waals surface area contributed by atoms with E-state index in [0.717, 1.165) is 6.07 Å². The van der Waals surface area contributed by atoms with Gasteiger partial charge in [0.2, 0.25) is 5.95 Å². The number of hydrogen-bond donors (Lipinski definition) is 0. The van der Waals surface area contributed by atoms with Crippen LogP contribution in [0.2, 0.25) is 5.02 Å². The first-order valence-corrected chi connectivity index (χ1v) is 9.52. The number of Topliss-reactive ketones (excluding diaryl/α,β-unsaturated/α-hetero) is 1. The minimum Gasteiger partial charge on any atom is -0.366 e. The van der Waals surface area contributed by atoms with Crippen molar-refractivity contribution in [3.8, 4) is 11.4 Å². The quantitative estimate of drug-likeness (QED) is 0.587. The van der Waals surface area contributed by atoms with Gasteiger partial charge in [0.05, 0.1) is 29.6 Å². The molecule has 0 aliphatic carbocycles. The highest BCUT2D eigenvalue weighted by Crippen LogP contribution is 2.21. The summed E-state index contributed by atoms with van der Waals surface area (Å²) >= 11 is 5.70. The fourth-order valence-corrected chi connectivity index (χ4v) is 3.33. The first-order chi connectivity index (χ1) is 14.4. The van der Waals surface area contributed by atoms with Crippen LogP contribution in [0.3, 0.4) is 0 Å².